The summed E-state index contributed by atoms with van der Waals surface area (Å²) in [5, 5.41) is 3.63. The monoisotopic (exact) mass is 454 g/mol. The first-order valence-corrected chi connectivity index (χ1v) is 11.8. The summed E-state index contributed by atoms with van der Waals surface area (Å²) in [5.74, 6) is 0.765. The van der Waals surface area contributed by atoms with Crippen LogP contribution in [0.25, 0.3) is 0 Å². The van der Waals surface area contributed by atoms with Crippen molar-refractivity contribution in [2.45, 2.75) is 50.7 Å². The summed E-state index contributed by atoms with van der Waals surface area (Å²) in [6, 6.07) is 12.5. The van der Waals surface area contributed by atoms with E-state index in [1.165, 1.54) is 6.42 Å². The van der Waals surface area contributed by atoms with Crippen molar-refractivity contribution in [3.63, 3.8) is 0 Å². The summed E-state index contributed by atoms with van der Waals surface area (Å²) in [5.41, 5.74) is 1.33. The minimum absolute atomic E-state index is 0.0187. The highest BCUT2D eigenvalue weighted by Gasteiger charge is 2.42. The van der Waals surface area contributed by atoms with Crippen LogP contribution in [0.15, 0.2) is 42.5 Å². The Hall–Kier alpha value is -2.73. The molecular weight excluding hydrogens is 428 g/mol. The molecule has 2 aromatic carbocycles. The molecular formula is C25H27ClN2O4. The van der Waals surface area contributed by atoms with Gasteiger partial charge in [0.2, 0.25) is 5.91 Å². The number of nitrogens with zero attached hydrogens (tertiary/aromatic N) is 1. The second kappa shape index (κ2) is 8.66. The van der Waals surface area contributed by atoms with Crippen LogP contribution in [0.1, 0.15) is 55.3 Å². The molecule has 1 spiro atoms. The van der Waals surface area contributed by atoms with Crippen molar-refractivity contribution < 1.29 is 19.1 Å². The van der Waals surface area contributed by atoms with Gasteiger partial charge in [-0.3, -0.25) is 9.59 Å². The van der Waals surface area contributed by atoms with E-state index in [-0.39, 0.29) is 17.7 Å². The number of hydrogen-bond acceptors (Lipinski definition) is 4. The summed E-state index contributed by atoms with van der Waals surface area (Å²) in [6.07, 6.45) is 6.51. The van der Waals surface area contributed by atoms with Crippen LogP contribution < -0.4 is 14.8 Å². The van der Waals surface area contributed by atoms with E-state index in [4.69, 9.17) is 21.1 Å². The lowest BCUT2D eigenvalue weighted by molar-refractivity contribution is -0.121. The van der Waals surface area contributed by atoms with Crippen molar-refractivity contribution in [3.05, 3.63) is 53.1 Å². The third-order valence-corrected chi connectivity index (χ3v) is 6.91. The molecule has 7 heteroatoms. The Labute approximate surface area is 192 Å². The Kier molecular flexibility index (Phi) is 5.72. The van der Waals surface area contributed by atoms with Crippen molar-refractivity contribution in [3.8, 4) is 11.5 Å². The van der Waals surface area contributed by atoms with Crippen LogP contribution in [0.5, 0.6) is 11.5 Å². The zero-order valence-corrected chi connectivity index (χ0v) is 18.7. The van der Waals surface area contributed by atoms with Gasteiger partial charge in [-0.1, -0.05) is 18.0 Å². The number of ether oxygens (including phenoxy) is 2. The summed E-state index contributed by atoms with van der Waals surface area (Å²) < 4.78 is 12.3. The lowest BCUT2D eigenvalue weighted by atomic mass is 9.94. The number of halogens is 1. The third kappa shape index (κ3) is 4.29. The number of anilines is 1. The molecule has 0 aromatic heterocycles. The molecule has 0 atom stereocenters. The molecule has 168 valence electrons. The van der Waals surface area contributed by atoms with Gasteiger partial charge >= 0.3 is 0 Å². The van der Waals surface area contributed by atoms with Crippen molar-refractivity contribution in [2.24, 2.45) is 5.92 Å². The number of benzene rings is 2. The van der Waals surface area contributed by atoms with E-state index in [1.807, 2.05) is 18.2 Å². The molecule has 0 bridgehead atoms. The van der Waals surface area contributed by atoms with E-state index in [1.54, 1.807) is 29.2 Å². The number of amides is 2. The van der Waals surface area contributed by atoms with Crippen molar-refractivity contribution in [1.29, 1.82) is 0 Å². The smallest absolute Gasteiger partial charge is 0.253 e. The second-order valence-corrected chi connectivity index (χ2v) is 9.34. The van der Waals surface area contributed by atoms with Crippen LogP contribution in [0.3, 0.4) is 0 Å². The fourth-order valence-electron chi connectivity index (χ4n) is 4.83. The molecule has 1 aliphatic carbocycles. The number of rotatable bonds is 3. The zero-order valence-electron chi connectivity index (χ0n) is 17.9. The topological polar surface area (TPSA) is 67.9 Å². The molecule has 2 fully saturated rings. The number of carbonyl (C=O) groups is 2. The second-order valence-electron chi connectivity index (χ2n) is 8.90. The van der Waals surface area contributed by atoms with Gasteiger partial charge in [0.25, 0.3) is 11.7 Å². The van der Waals surface area contributed by atoms with Crippen LogP contribution in [0.4, 0.5) is 5.69 Å². The predicted octanol–water partition coefficient (Wildman–Crippen LogP) is 5.26. The highest BCUT2D eigenvalue weighted by molar-refractivity contribution is 6.30. The Morgan fingerprint density at radius 2 is 1.62 bits per heavy atom. The van der Waals surface area contributed by atoms with Gasteiger partial charge < -0.3 is 19.7 Å². The third-order valence-electron chi connectivity index (χ3n) is 6.66. The summed E-state index contributed by atoms with van der Waals surface area (Å²) in [6.45, 7) is 1.12. The first kappa shape index (κ1) is 21.1. The quantitative estimate of drug-likeness (QED) is 0.686. The normalized spacial score (nSPS) is 19.7. The molecule has 0 radical (unpaired) electrons. The standard InChI is InChI=1S/C25H27ClN2O4/c26-19-6-4-18(5-7-19)24(30)28-14-10-17(11-15-28)23(29)27-20-8-9-21-22(16-20)32-25(31-21)12-2-1-3-13-25/h4-9,16-17H,1-3,10-15H2,(H,27,29). The number of nitrogens with one attached hydrogen (secondary N) is 1. The van der Waals surface area contributed by atoms with Crippen molar-refractivity contribution >= 4 is 29.1 Å². The van der Waals surface area contributed by atoms with Gasteiger partial charge in [-0.15, -0.1) is 0 Å². The Bertz CT molecular complexity index is 1010. The molecule has 2 aromatic rings. The van der Waals surface area contributed by atoms with E-state index in [0.717, 1.165) is 31.4 Å². The molecule has 2 heterocycles. The summed E-state index contributed by atoms with van der Waals surface area (Å²) in [7, 11) is 0. The molecule has 5 rings (SSSR count). The maximum Gasteiger partial charge on any atom is 0.253 e. The summed E-state index contributed by atoms with van der Waals surface area (Å²) >= 11 is 5.91. The highest BCUT2D eigenvalue weighted by atomic mass is 35.5. The molecule has 1 saturated heterocycles. The molecule has 32 heavy (non-hydrogen) atoms. The predicted molar refractivity (Wildman–Crippen MR) is 122 cm³/mol. The van der Waals surface area contributed by atoms with Crippen LogP contribution in [-0.2, 0) is 4.79 Å². The number of fused-ring (bicyclic) bond motifs is 1. The maximum absolute atomic E-state index is 12.8. The first-order chi connectivity index (χ1) is 15.5. The van der Waals surface area contributed by atoms with Gasteiger partial charge in [-0.25, -0.2) is 0 Å². The number of likely N-dealkylation sites (tertiary alicyclic amines) is 1. The Balaban J connectivity index is 1.16. The van der Waals surface area contributed by atoms with Gasteiger partial charge in [0.15, 0.2) is 11.5 Å². The number of carbonyl (C=O) groups excluding carboxylic acids is 2. The minimum atomic E-state index is -0.521. The fraction of sp³-hybridized carbons (Fsp3) is 0.440. The van der Waals surface area contributed by atoms with Gasteiger partial charge in [-0.05, 0) is 62.1 Å². The molecule has 1 saturated carbocycles. The van der Waals surface area contributed by atoms with Crippen molar-refractivity contribution in [1.82, 2.24) is 4.90 Å². The highest BCUT2D eigenvalue weighted by Crippen LogP contribution is 2.46. The number of hydrogen-bond donors (Lipinski definition) is 1. The molecule has 0 unspecified atom stereocenters. The van der Waals surface area contributed by atoms with Gasteiger partial charge in [-0.2, -0.15) is 0 Å². The zero-order chi connectivity index (χ0) is 22.1. The van der Waals surface area contributed by atoms with Crippen LogP contribution in [0, 0.1) is 5.92 Å². The fourth-order valence-corrected chi connectivity index (χ4v) is 4.96. The minimum Gasteiger partial charge on any atom is -0.448 e. The summed E-state index contributed by atoms with van der Waals surface area (Å²) in [4.78, 5) is 27.3. The SMILES string of the molecule is O=C(Nc1ccc2c(c1)OC1(CCCCC1)O2)C1CCN(C(=O)c2ccc(Cl)cc2)CC1. The molecule has 2 amide bonds. The molecule has 3 aliphatic rings. The van der Waals surface area contributed by atoms with Gasteiger partial charge in [0, 0.05) is 54.2 Å². The van der Waals surface area contributed by atoms with E-state index >= 15 is 0 Å². The van der Waals surface area contributed by atoms with Gasteiger partial charge in [0.1, 0.15) is 0 Å². The lowest BCUT2D eigenvalue weighted by Crippen LogP contribution is -2.41. The van der Waals surface area contributed by atoms with E-state index in [0.29, 0.717) is 48.0 Å². The average Bonchev–Trinajstić information content (AvgIpc) is 3.16. The average molecular weight is 455 g/mol. The Morgan fingerprint density at radius 1 is 0.938 bits per heavy atom. The first-order valence-electron chi connectivity index (χ1n) is 11.4. The van der Waals surface area contributed by atoms with Gasteiger partial charge in [0.05, 0.1) is 0 Å². The lowest BCUT2D eigenvalue weighted by Gasteiger charge is -2.31. The van der Waals surface area contributed by atoms with E-state index in [2.05, 4.69) is 5.32 Å². The van der Waals surface area contributed by atoms with E-state index in [9.17, 15) is 9.59 Å². The molecule has 1 N–H and O–H groups in total. The molecule has 6 nitrogen and oxygen atoms in total. The van der Waals surface area contributed by atoms with E-state index < -0.39 is 5.79 Å². The van der Waals surface area contributed by atoms with Crippen LogP contribution >= 0.6 is 11.6 Å². The largest absolute Gasteiger partial charge is 0.448 e. The Morgan fingerprint density at radius 3 is 2.34 bits per heavy atom. The van der Waals surface area contributed by atoms with Crippen LogP contribution in [-0.4, -0.2) is 35.6 Å². The number of piperidine rings is 1. The van der Waals surface area contributed by atoms with Crippen LogP contribution in [0.2, 0.25) is 5.02 Å². The molecule has 2 aliphatic heterocycles. The van der Waals surface area contributed by atoms with Crippen molar-refractivity contribution in [2.75, 3.05) is 18.4 Å². The maximum atomic E-state index is 12.8.